The number of aromatic nitrogens is 2. The van der Waals surface area contributed by atoms with Gasteiger partial charge in [-0.05, 0) is 37.6 Å². The Labute approximate surface area is 132 Å². The van der Waals surface area contributed by atoms with Crippen molar-refractivity contribution >= 4 is 33.5 Å². The number of nitrogens with one attached hydrogen (secondary N) is 2. The molecule has 0 aliphatic rings. The van der Waals surface area contributed by atoms with E-state index in [1.807, 2.05) is 38.1 Å². The normalized spacial score (nSPS) is 10.5. The molecule has 110 valence electrons. The van der Waals surface area contributed by atoms with E-state index >= 15 is 0 Å². The van der Waals surface area contributed by atoms with Crippen LogP contribution in [0.3, 0.4) is 0 Å². The Hall–Kier alpha value is -1.95. The molecule has 0 atom stereocenters. The second-order valence-corrected chi connectivity index (χ2v) is 5.77. The molecule has 0 saturated heterocycles. The van der Waals surface area contributed by atoms with Gasteiger partial charge in [0.05, 0.1) is 6.42 Å². The molecule has 0 spiro atoms. The summed E-state index contributed by atoms with van der Waals surface area (Å²) in [5.41, 5.74) is 0.932. The lowest BCUT2D eigenvalue weighted by Gasteiger charge is -2.09. The van der Waals surface area contributed by atoms with Crippen LogP contribution in [-0.4, -0.2) is 22.1 Å². The van der Waals surface area contributed by atoms with Crippen molar-refractivity contribution in [1.29, 1.82) is 0 Å². The zero-order valence-electron chi connectivity index (χ0n) is 11.9. The summed E-state index contributed by atoms with van der Waals surface area (Å²) in [5, 5.41) is 13.9. The van der Waals surface area contributed by atoms with Crippen LogP contribution >= 0.6 is 15.9 Å². The zero-order valence-corrected chi connectivity index (χ0v) is 13.5. The van der Waals surface area contributed by atoms with E-state index in [1.54, 1.807) is 12.1 Å². The first-order chi connectivity index (χ1) is 10.0. The minimum absolute atomic E-state index is 0.124. The number of carbonyl (C=O) groups is 1. The Bertz CT molecular complexity index is 613. The maximum atomic E-state index is 12.0. The third kappa shape index (κ3) is 4.82. The summed E-state index contributed by atoms with van der Waals surface area (Å²) >= 11 is 3.43. The molecule has 6 heteroatoms. The summed E-state index contributed by atoms with van der Waals surface area (Å²) in [7, 11) is 0. The number of rotatable bonds is 5. The molecule has 2 N–H and O–H groups in total. The summed E-state index contributed by atoms with van der Waals surface area (Å²) < 4.78 is 0.919. The second kappa shape index (κ2) is 7.17. The van der Waals surface area contributed by atoms with Crippen LogP contribution in [0.1, 0.15) is 19.4 Å². The maximum absolute atomic E-state index is 12.0. The highest BCUT2D eigenvalue weighted by Crippen LogP contribution is 2.17. The third-order valence-electron chi connectivity index (χ3n) is 2.68. The van der Waals surface area contributed by atoms with E-state index in [2.05, 4.69) is 36.8 Å². The van der Waals surface area contributed by atoms with Crippen molar-refractivity contribution in [2.45, 2.75) is 26.3 Å². The van der Waals surface area contributed by atoms with Gasteiger partial charge in [-0.15, -0.1) is 10.2 Å². The van der Waals surface area contributed by atoms with Crippen molar-refractivity contribution < 1.29 is 4.79 Å². The van der Waals surface area contributed by atoms with Crippen LogP contribution in [0, 0.1) is 0 Å². The smallest absolute Gasteiger partial charge is 0.230 e. The number of carbonyl (C=O) groups excluding carboxylic acids is 1. The van der Waals surface area contributed by atoms with E-state index in [0.717, 1.165) is 10.0 Å². The molecule has 0 saturated carbocycles. The van der Waals surface area contributed by atoms with Crippen molar-refractivity contribution in [2.75, 3.05) is 10.6 Å². The van der Waals surface area contributed by atoms with Gasteiger partial charge in [-0.25, -0.2) is 0 Å². The lowest BCUT2D eigenvalue weighted by molar-refractivity contribution is -0.115. The Morgan fingerprint density at radius 3 is 2.43 bits per heavy atom. The van der Waals surface area contributed by atoms with Crippen molar-refractivity contribution in [1.82, 2.24) is 10.2 Å². The predicted molar refractivity (Wildman–Crippen MR) is 87.3 cm³/mol. The molecule has 1 amide bonds. The summed E-state index contributed by atoms with van der Waals surface area (Å²) in [6.07, 6.45) is 0.287. The van der Waals surface area contributed by atoms with Gasteiger partial charge in [-0.3, -0.25) is 4.79 Å². The number of benzene rings is 1. The average molecular weight is 349 g/mol. The van der Waals surface area contributed by atoms with Gasteiger partial charge in [0.2, 0.25) is 5.91 Å². The second-order valence-electron chi connectivity index (χ2n) is 4.92. The van der Waals surface area contributed by atoms with Crippen LogP contribution in [0.4, 0.5) is 11.6 Å². The molecule has 2 rings (SSSR count). The molecule has 0 radical (unpaired) electrons. The summed E-state index contributed by atoms with van der Waals surface area (Å²) in [4.78, 5) is 12.0. The monoisotopic (exact) mass is 348 g/mol. The van der Waals surface area contributed by atoms with Crippen molar-refractivity contribution in [3.8, 4) is 0 Å². The first-order valence-corrected chi connectivity index (χ1v) is 7.47. The van der Waals surface area contributed by atoms with Crippen LogP contribution in [0.15, 0.2) is 40.9 Å². The Morgan fingerprint density at radius 2 is 1.81 bits per heavy atom. The largest absolute Gasteiger partial charge is 0.366 e. The molecule has 2 aromatic rings. The molecular formula is C15H17BrN4O. The molecule has 1 heterocycles. The predicted octanol–water partition coefficient (Wildman–Crippen LogP) is 3.24. The van der Waals surface area contributed by atoms with Crippen molar-refractivity contribution in [3.05, 3.63) is 46.4 Å². The van der Waals surface area contributed by atoms with Gasteiger partial charge in [0, 0.05) is 10.5 Å². The Kier molecular flexibility index (Phi) is 5.27. The molecule has 0 aliphatic carbocycles. The van der Waals surface area contributed by atoms with Gasteiger partial charge in [0.15, 0.2) is 5.82 Å². The van der Waals surface area contributed by atoms with Crippen LogP contribution in [0.2, 0.25) is 0 Å². The topological polar surface area (TPSA) is 66.9 Å². The number of hydrogen-bond donors (Lipinski definition) is 2. The lowest BCUT2D eigenvalue weighted by atomic mass is 10.1. The lowest BCUT2D eigenvalue weighted by Crippen LogP contribution is -2.17. The van der Waals surface area contributed by atoms with Gasteiger partial charge in [-0.2, -0.15) is 0 Å². The van der Waals surface area contributed by atoms with Crippen LogP contribution < -0.4 is 10.6 Å². The maximum Gasteiger partial charge on any atom is 0.230 e. The summed E-state index contributed by atoms with van der Waals surface area (Å²) in [6.45, 7) is 4.05. The van der Waals surface area contributed by atoms with Crippen LogP contribution in [0.25, 0.3) is 0 Å². The summed E-state index contributed by atoms with van der Waals surface area (Å²) in [5.74, 6) is 1.01. The quantitative estimate of drug-likeness (QED) is 0.870. The fraction of sp³-hybridized carbons (Fsp3) is 0.267. The standard InChI is InChI=1S/C15H17BrN4O/c1-10(2)17-13-7-8-14(20-19-13)18-15(21)9-11-5-3-4-6-12(11)16/h3-8,10H,9H2,1-2H3,(H,17,19)(H,18,20,21). The number of anilines is 2. The van der Waals surface area contributed by atoms with Gasteiger partial charge < -0.3 is 10.6 Å². The molecule has 1 aromatic heterocycles. The number of halogens is 1. The Morgan fingerprint density at radius 1 is 1.14 bits per heavy atom. The van der Waals surface area contributed by atoms with Gasteiger partial charge in [0.1, 0.15) is 5.82 Å². The van der Waals surface area contributed by atoms with E-state index in [1.165, 1.54) is 0 Å². The molecule has 0 fully saturated rings. The van der Waals surface area contributed by atoms with Gasteiger partial charge in [-0.1, -0.05) is 34.1 Å². The Balaban J connectivity index is 1.95. The first kappa shape index (κ1) is 15.4. The number of hydrogen-bond acceptors (Lipinski definition) is 4. The van der Waals surface area contributed by atoms with Gasteiger partial charge in [0.25, 0.3) is 0 Å². The zero-order chi connectivity index (χ0) is 15.2. The number of amides is 1. The van der Waals surface area contributed by atoms with E-state index in [0.29, 0.717) is 11.6 Å². The first-order valence-electron chi connectivity index (χ1n) is 6.68. The molecule has 5 nitrogen and oxygen atoms in total. The van der Waals surface area contributed by atoms with E-state index in [-0.39, 0.29) is 18.4 Å². The van der Waals surface area contributed by atoms with Gasteiger partial charge >= 0.3 is 0 Å². The molecule has 0 bridgehead atoms. The van der Waals surface area contributed by atoms with Crippen LogP contribution in [-0.2, 0) is 11.2 Å². The van der Waals surface area contributed by atoms with E-state index < -0.39 is 0 Å². The SMILES string of the molecule is CC(C)Nc1ccc(NC(=O)Cc2ccccc2Br)nn1. The van der Waals surface area contributed by atoms with E-state index in [9.17, 15) is 4.79 Å². The van der Waals surface area contributed by atoms with Crippen molar-refractivity contribution in [3.63, 3.8) is 0 Å². The molecule has 0 unspecified atom stereocenters. The fourth-order valence-electron chi connectivity index (χ4n) is 1.77. The molecular weight excluding hydrogens is 332 g/mol. The fourth-order valence-corrected chi connectivity index (χ4v) is 2.20. The third-order valence-corrected chi connectivity index (χ3v) is 3.45. The minimum atomic E-state index is -0.124. The molecule has 1 aromatic carbocycles. The highest BCUT2D eigenvalue weighted by atomic mass is 79.9. The minimum Gasteiger partial charge on any atom is -0.366 e. The average Bonchev–Trinajstić information content (AvgIpc) is 2.43. The van der Waals surface area contributed by atoms with Crippen LogP contribution in [0.5, 0.6) is 0 Å². The molecule has 21 heavy (non-hydrogen) atoms. The molecule has 0 aliphatic heterocycles. The van der Waals surface area contributed by atoms with E-state index in [4.69, 9.17) is 0 Å². The highest BCUT2D eigenvalue weighted by molar-refractivity contribution is 9.10. The highest BCUT2D eigenvalue weighted by Gasteiger charge is 2.08. The summed E-state index contributed by atoms with van der Waals surface area (Å²) in [6, 6.07) is 11.4. The van der Waals surface area contributed by atoms with Crippen molar-refractivity contribution in [2.24, 2.45) is 0 Å². The number of nitrogens with zero attached hydrogens (tertiary/aromatic N) is 2.